The number of piperazine rings is 1. The summed E-state index contributed by atoms with van der Waals surface area (Å²) in [6, 6.07) is 11.2. The Bertz CT molecular complexity index is 1050. The van der Waals surface area contributed by atoms with Gasteiger partial charge in [-0.25, -0.2) is 0 Å². The highest BCUT2D eigenvalue weighted by atomic mass is 16.5. The average molecular weight is 464 g/mol. The van der Waals surface area contributed by atoms with Crippen LogP contribution >= 0.6 is 0 Å². The predicted octanol–water partition coefficient (Wildman–Crippen LogP) is 2.23. The molecule has 2 heterocycles. The van der Waals surface area contributed by atoms with Crippen molar-refractivity contribution in [3.8, 4) is 12.3 Å². The first-order chi connectivity index (χ1) is 16.3. The second kappa shape index (κ2) is 10.2. The number of rotatable bonds is 9. The zero-order chi connectivity index (χ0) is 24.3. The van der Waals surface area contributed by atoms with Crippen molar-refractivity contribution in [3.05, 3.63) is 47.5 Å². The highest BCUT2D eigenvalue weighted by Crippen LogP contribution is 2.29. The zero-order valence-electron chi connectivity index (χ0n) is 20.0. The molecule has 0 spiro atoms. The molecule has 0 unspecified atom stereocenters. The number of carbonyl (C=O) groups is 2. The number of hydrogen-bond donors (Lipinski definition) is 1. The summed E-state index contributed by atoms with van der Waals surface area (Å²) in [5, 5.41) is 12.0. The lowest BCUT2D eigenvalue weighted by molar-refractivity contribution is -0.0500. The standard InChI is InChI=1S/C27H33N3O4/c1-4-27(3,5-2)34-19-21(31)18-29-14-12-28(13-15-29)16-17-30-25(32)22-10-6-8-20-9-7-11-23(24(20)22)26(30)33/h1,6-11,21,31H,5,12-19H2,2-3H3/t21-,27+/m1/s1. The van der Waals surface area contributed by atoms with Gasteiger partial charge < -0.3 is 9.84 Å². The summed E-state index contributed by atoms with van der Waals surface area (Å²) in [5.41, 5.74) is 0.546. The summed E-state index contributed by atoms with van der Waals surface area (Å²) in [7, 11) is 0. The van der Waals surface area contributed by atoms with Crippen LogP contribution < -0.4 is 0 Å². The minimum atomic E-state index is -0.644. The SMILES string of the molecule is C#C[C@@](C)(CC)OC[C@H](O)CN1CCN(CCN2C(=O)c3cccc4cccc(c34)C2=O)CC1. The van der Waals surface area contributed by atoms with Gasteiger partial charge in [-0.15, -0.1) is 6.42 Å². The molecule has 0 saturated carbocycles. The summed E-state index contributed by atoms with van der Waals surface area (Å²) < 4.78 is 5.73. The maximum atomic E-state index is 13.1. The molecule has 7 heteroatoms. The number of imide groups is 1. The molecule has 0 aromatic heterocycles. The number of β-amino-alcohol motifs (C(OH)–C–C–N with tert-alkyl or cyclic N) is 1. The third kappa shape index (κ3) is 5.01. The molecule has 2 amide bonds. The Labute approximate surface area is 201 Å². The van der Waals surface area contributed by atoms with Gasteiger partial charge in [0.2, 0.25) is 0 Å². The lowest BCUT2D eigenvalue weighted by Gasteiger charge is -2.37. The smallest absolute Gasteiger partial charge is 0.261 e. The molecule has 34 heavy (non-hydrogen) atoms. The van der Waals surface area contributed by atoms with Crippen LogP contribution in [0.1, 0.15) is 41.0 Å². The predicted molar refractivity (Wildman–Crippen MR) is 132 cm³/mol. The Morgan fingerprint density at radius 2 is 1.62 bits per heavy atom. The number of terminal acetylenes is 1. The lowest BCUT2D eigenvalue weighted by Crippen LogP contribution is -2.52. The fraction of sp³-hybridized carbons (Fsp3) is 0.481. The molecule has 1 fully saturated rings. The highest BCUT2D eigenvalue weighted by molar-refractivity contribution is 6.25. The molecule has 0 aliphatic carbocycles. The Hall–Kier alpha value is -2.76. The average Bonchev–Trinajstić information content (AvgIpc) is 2.86. The van der Waals surface area contributed by atoms with Crippen molar-refractivity contribution in [2.75, 3.05) is 52.4 Å². The minimum Gasteiger partial charge on any atom is -0.389 e. The second-order valence-electron chi connectivity index (χ2n) is 9.31. The van der Waals surface area contributed by atoms with E-state index < -0.39 is 11.7 Å². The molecule has 0 bridgehead atoms. The topological polar surface area (TPSA) is 73.3 Å². The van der Waals surface area contributed by atoms with Crippen molar-refractivity contribution >= 4 is 22.6 Å². The number of aliphatic hydroxyl groups excluding tert-OH is 1. The Morgan fingerprint density at radius 3 is 2.18 bits per heavy atom. The molecule has 2 aliphatic rings. The van der Waals surface area contributed by atoms with Crippen molar-refractivity contribution in [2.45, 2.75) is 32.0 Å². The first-order valence-corrected chi connectivity index (χ1v) is 12.0. The van der Waals surface area contributed by atoms with Crippen molar-refractivity contribution in [1.82, 2.24) is 14.7 Å². The van der Waals surface area contributed by atoms with Crippen LogP contribution in [0.4, 0.5) is 0 Å². The van der Waals surface area contributed by atoms with Gasteiger partial charge in [0.1, 0.15) is 5.60 Å². The minimum absolute atomic E-state index is 0.210. The quantitative estimate of drug-likeness (QED) is 0.454. The molecule has 2 aromatic carbocycles. The van der Waals surface area contributed by atoms with Gasteiger partial charge in [-0.1, -0.05) is 37.1 Å². The summed E-state index contributed by atoms with van der Waals surface area (Å²) >= 11 is 0. The van der Waals surface area contributed by atoms with Gasteiger partial charge in [-0.2, -0.15) is 0 Å². The summed E-state index contributed by atoms with van der Waals surface area (Å²) in [5.74, 6) is 2.21. The van der Waals surface area contributed by atoms with E-state index in [1.54, 1.807) is 12.1 Å². The van der Waals surface area contributed by atoms with Crippen LogP contribution in [0, 0.1) is 12.3 Å². The third-order valence-corrected chi connectivity index (χ3v) is 7.00. The highest BCUT2D eigenvalue weighted by Gasteiger charge is 2.33. The van der Waals surface area contributed by atoms with Gasteiger partial charge in [0, 0.05) is 62.3 Å². The number of ether oxygens (including phenoxy) is 1. The molecular weight excluding hydrogens is 430 g/mol. The van der Waals surface area contributed by atoms with Crippen molar-refractivity contribution in [2.24, 2.45) is 0 Å². The van der Waals surface area contributed by atoms with E-state index in [2.05, 4.69) is 15.7 Å². The lowest BCUT2D eigenvalue weighted by atomic mass is 9.94. The van der Waals surface area contributed by atoms with Gasteiger partial charge >= 0.3 is 0 Å². The maximum absolute atomic E-state index is 13.1. The van der Waals surface area contributed by atoms with E-state index in [0.29, 0.717) is 37.2 Å². The Balaban J connectivity index is 1.27. The van der Waals surface area contributed by atoms with Gasteiger partial charge in [-0.05, 0) is 30.9 Å². The molecule has 2 atom stereocenters. The Kier molecular flexibility index (Phi) is 7.34. The van der Waals surface area contributed by atoms with E-state index in [1.807, 2.05) is 38.1 Å². The van der Waals surface area contributed by atoms with Gasteiger partial charge in [0.15, 0.2) is 0 Å². The number of amides is 2. The molecule has 2 aromatic rings. The summed E-state index contributed by atoms with van der Waals surface area (Å²) in [4.78, 5) is 32.0. The normalized spacial score (nSPS) is 19.8. The summed E-state index contributed by atoms with van der Waals surface area (Å²) in [6.45, 7) is 8.80. The van der Waals surface area contributed by atoms with Crippen LogP contribution in [0.15, 0.2) is 36.4 Å². The van der Waals surface area contributed by atoms with Gasteiger partial charge in [0.05, 0.1) is 12.7 Å². The second-order valence-corrected chi connectivity index (χ2v) is 9.31. The van der Waals surface area contributed by atoms with E-state index >= 15 is 0 Å². The fourth-order valence-electron chi connectivity index (χ4n) is 4.60. The van der Waals surface area contributed by atoms with Crippen LogP contribution in [0.25, 0.3) is 10.8 Å². The van der Waals surface area contributed by atoms with Gasteiger partial charge in [-0.3, -0.25) is 24.3 Å². The first kappa shape index (κ1) is 24.4. The van der Waals surface area contributed by atoms with Crippen molar-refractivity contribution in [1.29, 1.82) is 0 Å². The monoisotopic (exact) mass is 463 g/mol. The molecule has 7 nitrogen and oxygen atoms in total. The van der Waals surface area contributed by atoms with Crippen LogP contribution in [0.5, 0.6) is 0 Å². The number of benzene rings is 2. The molecule has 2 aliphatic heterocycles. The summed E-state index contributed by atoms with van der Waals surface area (Å²) in [6.07, 6.45) is 5.62. The largest absolute Gasteiger partial charge is 0.389 e. The molecule has 0 radical (unpaired) electrons. The molecule has 180 valence electrons. The van der Waals surface area contributed by atoms with E-state index in [1.165, 1.54) is 4.90 Å². The van der Waals surface area contributed by atoms with E-state index in [0.717, 1.165) is 37.0 Å². The number of nitrogens with zero attached hydrogens (tertiary/aromatic N) is 3. The fourth-order valence-corrected chi connectivity index (χ4v) is 4.60. The van der Waals surface area contributed by atoms with E-state index in [9.17, 15) is 14.7 Å². The third-order valence-electron chi connectivity index (χ3n) is 7.00. The van der Waals surface area contributed by atoms with Crippen molar-refractivity contribution < 1.29 is 19.4 Å². The van der Waals surface area contributed by atoms with Crippen LogP contribution in [-0.2, 0) is 4.74 Å². The Morgan fingerprint density at radius 1 is 1.03 bits per heavy atom. The number of carbonyl (C=O) groups excluding carboxylic acids is 2. The molecular formula is C27H33N3O4. The van der Waals surface area contributed by atoms with Crippen molar-refractivity contribution in [3.63, 3.8) is 0 Å². The molecule has 1 saturated heterocycles. The number of hydrogen-bond acceptors (Lipinski definition) is 6. The van der Waals surface area contributed by atoms with Crippen LogP contribution in [-0.4, -0.2) is 95.7 Å². The number of aliphatic hydroxyl groups is 1. The first-order valence-electron chi connectivity index (χ1n) is 12.0. The van der Waals surface area contributed by atoms with Crippen LogP contribution in [0.2, 0.25) is 0 Å². The maximum Gasteiger partial charge on any atom is 0.261 e. The van der Waals surface area contributed by atoms with E-state index in [-0.39, 0.29) is 18.4 Å². The van der Waals surface area contributed by atoms with E-state index in [4.69, 9.17) is 11.2 Å². The molecule has 1 N–H and O–H groups in total. The van der Waals surface area contributed by atoms with Gasteiger partial charge in [0.25, 0.3) is 11.8 Å². The molecule has 4 rings (SSSR count). The zero-order valence-corrected chi connectivity index (χ0v) is 20.0. The van der Waals surface area contributed by atoms with Crippen LogP contribution in [0.3, 0.4) is 0 Å².